The summed E-state index contributed by atoms with van der Waals surface area (Å²) in [5, 5.41) is 3.34. The van der Waals surface area contributed by atoms with Crippen LogP contribution in [0.1, 0.15) is 5.56 Å². The largest absolute Gasteiger partial charge is 0.352 e. The molecule has 0 spiro atoms. The first kappa shape index (κ1) is 12.2. The van der Waals surface area contributed by atoms with E-state index < -0.39 is 0 Å². The molecule has 0 aliphatic carbocycles. The molecule has 0 unspecified atom stereocenters. The zero-order chi connectivity index (χ0) is 13.2. The normalized spacial score (nSPS) is 10.8. The van der Waals surface area contributed by atoms with Crippen LogP contribution in [-0.2, 0) is 13.6 Å². The van der Waals surface area contributed by atoms with E-state index >= 15 is 0 Å². The summed E-state index contributed by atoms with van der Waals surface area (Å²) in [6, 6.07) is 12.1. The molecule has 19 heavy (non-hydrogen) atoms. The molecule has 3 aromatic rings. The van der Waals surface area contributed by atoms with E-state index in [4.69, 9.17) is 0 Å². The number of aromatic nitrogens is 3. The maximum Gasteiger partial charge on any atom is 0.205 e. The molecule has 96 valence electrons. The first-order valence-electron chi connectivity index (χ1n) is 6.00. The van der Waals surface area contributed by atoms with Crippen LogP contribution in [0.25, 0.3) is 11.2 Å². The smallest absolute Gasteiger partial charge is 0.205 e. The van der Waals surface area contributed by atoms with Gasteiger partial charge in [-0.2, -0.15) is 0 Å². The fourth-order valence-electron chi connectivity index (χ4n) is 2.01. The van der Waals surface area contributed by atoms with Crippen molar-refractivity contribution in [3.8, 4) is 0 Å². The molecule has 0 radical (unpaired) electrons. The SMILES string of the molecule is Cn1c(NCc2cccc(Br)c2)nc2cccnc21. The van der Waals surface area contributed by atoms with E-state index in [0.717, 1.165) is 28.1 Å². The number of fused-ring (bicyclic) bond motifs is 1. The Labute approximate surface area is 119 Å². The highest BCUT2D eigenvalue weighted by Gasteiger charge is 2.07. The van der Waals surface area contributed by atoms with E-state index in [2.05, 4.69) is 43.3 Å². The van der Waals surface area contributed by atoms with Gasteiger partial charge in [0.25, 0.3) is 0 Å². The van der Waals surface area contributed by atoms with Gasteiger partial charge in [-0.05, 0) is 29.8 Å². The molecular formula is C14H13BrN4. The van der Waals surface area contributed by atoms with E-state index in [-0.39, 0.29) is 0 Å². The van der Waals surface area contributed by atoms with Gasteiger partial charge >= 0.3 is 0 Å². The number of hydrogen-bond donors (Lipinski definition) is 1. The van der Waals surface area contributed by atoms with Crippen molar-refractivity contribution >= 4 is 33.0 Å². The number of pyridine rings is 1. The van der Waals surface area contributed by atoms with Gasteiger partial charge in [-0.15, -0.1) is 0 Å². The fraction of sp³-hybridized carbons (Fsp3) is 0.143. The predicted octanol–water partition coefficient (Wildman–Crippen LogP) is 3.34. The molecule has 0 aliphatic rings. The lowest BCUT2D eigenvalue weighted by Gasteiger charge is -2.06. The molecular weight excluding hydrogens is 304 g/mol. The van der Waals surface area contributed by atoms with Crippen molar-refractivity contribution in [1.29, 1.82) is 0 Å². The average Bonchev–Trinajstić information content (AvgIpc) is 2.74. The minimum absolute atomic E-state index is 0.733. The standard InChI is InChI=1S/C14H13BrN4/c1-19-13-12(6-3-7-16-13)18-14(19)17-9-10-4-2-5-11(15)8-10/h2-8H,9H2,1H3,(H,17,18). The summed E-state index contributed by atoms with van der Waals surface area (Å²) < 4.78 is 3.05. The fourth-order valence-corrected chi connectivity index (χ4v) is 2.46. The Morgan fingerprint density at radius 1 is 1.26 bits per heavy atom. The molecule has 2 heterocycles. The van der Waals surface area contributed by atoms with Crippen molar-refractivity contribution in [3.63, 3.8) is 0 Å². The van der Waals surface area contributed by atoms with Gasteiger partial charge in [-0.3, -0.25) is 4.57 Å². The van der Waals surface area contributed by atoms with Crippen LogP contribution in [0.2, 0.25) is 0 Å². The van der Waals surface area contributed by atoms with Crippen molar-refractivity contribution in [2.45, 2.75) is 6.54 Å². The van der Waals surface area contributed by atoms with Gasteiger partial charge < -0.3 is 5.32 Å². The predicted molar refractivity (Wildman–Crippen MR) is 80.0 cm³/mol. The summed E-state index contributed by atoms with van der Waals surface area (Å²) in [5.74, 6) is 0.827. The highest BCUT2D eigenvalue weighted by molar-refractivity contribution is 9.10. The Morgan fingerprint density at radius 3 is 2.95 bits per heavy atom. The van der Waals surface area contributed by atoms with Gasteiger partial charge in [0.15, 0.2) is 5.65 Å². The third kappa shape index (κ3) is 2.46. The Balaban J connectivity index is 1.84. The number of halogens is 1. The zero-order valence-corrected chi connectivity index (χ0v) is 12.1. The molecule has 0 bridgehead atoms. The van der Waals surface area contributed by atoms with E-state index in [1.165, 1.54) is 5.56 Å². The lowest BCUT2D eigenvalue weighted by Crippen LogP contribution is -2.05. The van der Waals surface area contributed by atoms with E-state index in [9.17, 15) is 0 Å². The van der Waals surface area contributed by atoms with Crippen LogP contribution < -0.4 is 5.32 Å². The summed E-state index contributed by atoms with van der Waals surface area (Å²) in [7, 11) is 1.96. The van der Waals surface area contributed by atoms with E-state index in [1.54, 1.807) is 6.20 Å². The summed E-state index contributed by atoms with van der Waals surface area (Å²) in [5.41, 5.74) is 3.00. The molecule has 0 atom stereocenters. The van der Waals surface area contributed by atoms with Crippen molar-refractivity contribution < 1.29 is 0 Å². The lowest BCUT2D eigenvalue weighted by atomic mass is 10.2. The van der Waals surface area contributed by atoms with E-state index in [0.29, 0.717) is 0 Å². The molecule has 1 N–H and O–H groups in total. The number of anilines is 1. The number of benzene rings is 1. The lowest BCUT2D eigenvalue weighted by molar-refractivity contribution is 0.914. The minimum Gasteiger partial charge on any atom is -0.352 e. The molecule has 0 amide bonds. The Kier molecular flexibility index (Phi) is 3.21. The van der Waals surface area contributed by atoms with Crippen LogP contribution in [0.15, 0.2) is 47.1 Å². The van der Waals surface area contributed by atoms with Crippen LogP contribution in [0.4, 0.5) is 5.95 Å². The summed E-state index contributed by atoms with van der Waals surface area (Å²) >= 11 is 3.47. The van der Waals surface area contributed by atoms with Gasteiger partial charge in [0.2, 0.25) is 5.95 Å². The van der Waals surface area contributed by atoms with Crippen LogP contribution in [-0.4, -0.2) is 14.5 Å². The van der Waals surface area contributed by atoms with Crippen molar-refractivity contribution in [1.82, 2.24) is 14.5 Å². The van der Waals surface area contributed by atoms with Crippen LogP contribution in [0, 0.1) is 0 Å². The summed E-state index contributed by atoms with van der Waals surface area (Å²) in [6.45, 7) is 0.733. The quantitative estimate of drug-likeness (QED) is 0.805. The molecule has 2 aromatic heterocycles. The molecule has 0 saturated carbocycles. The molecule has 1 aromatic carbocycles. The third-order valence-corrected chi connectivity index (χ3v) is 3.46. The number of imidazole rings is 1. The van der Waals surface area contributed by atoms with Crippen molar-refractivity contribution in [2.75, 3.05) is 5.32 Å². The van der Waals surface area contributed by atoms with Crippen molar-refractivity contribution in [2.24, 2.45) is 7.05 Å². The van der Waals surface area contributed by atoms with Crippen LogP contribution in [0.5, 0.6) is 0 Å². The summed E-state index contributed by atoms with van der Waals surface area (Å²) in [6.07, 6.45) is 1.78. The minimum atomic E-state index is 0.733. The number of nitrogens with zero attached hydrogens (tertiary/aromatic N) is 3. The second-order valence-corrected chi connectivity index (χ2v) is 5.24. The molecule has 0 saturated heterocycles. The topological polar surface area (TPSA) is 42.7 Å². The van der Waals surface area contributed by atoms with Gasteiger partial charge in [-0.25, -0.2) is 9.97 Å². The first-order valence-corrected chi connectivity index (χ1v) is 6.79. The number of nitrogens with one attached hydrogen (secondary N) is 1. The van der Waals surface area contributed by atoms with Crippen LogP contribution in [0.3, 0.4) is 0 Å². The third-order valence-electron chi connectivity index (χ3n) is 2.97. The summed E-state index contributed by atoms with van der Waals surface area (Å²) in [4.78, 5) is 8.85. The maximum absolute atomic E-state index is 4.53. The second-order valence-electron chi connectivity index (χ2n) is 4.32. The zero-order valence-electron chi connectivity index (χ0n) is 10.5. The Bertz CT molecular complexity index is 720. The number of hydrogen-bond acceptors (Lipinski definition) is 3. The first-order chi connectivity index (χ1) is 9.24. The molecule has 0 aliphatic heterocycles. The monoisotopic (exact) mass is 316 g/mol. The molecule has 5 heteroatoms. The van der Waals surface area contributed by atoms with Gasteiger partial charge in [0, 0.05) is 24.3 Å². The molecule has 0 fully saturated rings. The van der Waals surface area contributed by atoms with Gasteiger partial charge in [0.05, 0.1) is 0 Å². The van der Waals surface area contributed by atoms with Gasteiger partial charge in [-0.1, -0.05) is 28.1 Å². The number of rotatable bonds is 3. The van der Waals surface area contributed by atoms with Gasteiger partial charge in [0.1, 0.15) is 5.52 Å². The second kappa shape index (κ2) is 5.01. The molecule has 4 nitrogen and oxygen atoms in total. The maximum atomic E-state index is 4.53. The van der Waals surface area contributed by atoms with Crippen LogP contribution >= 0.6 is 15.9 Å². The number of aryl methyl sites for hydroxylation is 1. The highest BCUT2D eigenvalue weighted by atomic mass is 79.9. The highest BCUT2D eigenvalue weighted by Crippen LogP contribution is 2.17. The van der Waals surface area contributed by atoms with E-state index in [1.807, 2.05) is 35.9 Å². The average molecular weight is 317 g/mol. The Morgan fingerprint density at radius 2 is 2.16 bits per heavy atom. The molecule has 3 rings (SSSR count). The van der Waals surface area contributed by atoms with Crippen molar-refractivity contribution in [3.05, 3.63) is 52.6 Å². The Hall–Kier alpha value is -1.88.